The van der Waals surface area contributed by atoms with Crippen LogP contribution in [0.4, 0.5) is 0 Å². The molecule has 1 heterocycles. The van der Waals surface area contributed by atoms with E-state index in [2.05, 4.69) is 5.32 Å². The van der Waals surface area contributed by atoms with Crippen molar-refractivity contribution in [2.45, 2.75) is 37.4 Å². The zero-order valence-corrected chi connectivity index (χ0v) is 10.5. The Hall–Kier alpha value is 0.130. The Balaban J connectivity index is 1.89. The maximum Gasteiger partial charge on any atom is 0.220 e. The van der Waals surface area contributed by atoms with Crippen LogP contribution in [0.25, 0.3) is 0 Å². The van der Waals surface area contributed by atoms with E-state index >= 15 is 0 Å². The fourth-order valence-corrected chi connectivity index (χ4v) is 4.53. The van der Waals surface area contributed by atoms with E-state index < -0.39 is 0 Å². The molecular weight excluding hydrogens is 230 g/mol. The van der Waals surface area contributed by atoms with E-state index in [-0.39, 0.29) is 12.5 Å². The van der Waals surface area contributed by atoms with Crippen LogP contribution >= 0.6 is 21.6 Å². The number of rotatable bonds is 7. The summed E-state index contributed by atoms with van der Waals surface area (Å²) in [7, 11) is 3.97. The zero-order chi connectivity index (χ0) is 10.9. The first-order valence-corrected chi connectivity index (χ1v) is 7.87. The lowest BCUT2D eigenvalue weighted by Crippen LogP contribution is -2.25. The van der Waals surface area contributed by atoms with Crippen LogP contribution in [0.15, 0.2) is 0 Å². The number of nitrogens with one attached hydrogen (secondary N) is 1. The van der Waals surface area contributed by atoms with Gasteiger partial charge in [-0.2, -0.15) is 0 Å². The monoisotopic (exact) mass is 249 g/mol. The van der Waals surface area contributed by atoms with Gasteiger partial charge in [-0.15, -0.1) is 0 Å². The van der Waals surface area contributed by atoms with Gasteiger partial charge in [0.1, 0.15) is 0 Å². The van der Waals surface area contributed by atoms with Crippen LogP contribution in [0.5, 0.6) is 0 Å². The van der Waals surface area contributed by atoms with E-state index in [9.17, 15) is 4.79 Å². The first kappa shape index (κ1) is 13.2. The number of hydrogen-bond donors (Lipinski definition) is 2. The molecule has 0 unspecified atom stereocenters. The van der Waals surface area contributed by atoms with E-state index in [1.807, 2.05) is 21.6 Å². The fraction of sp³-hybridized carbons (Fsp3) is 0.900. The Morgan fingerprint density at radius 2 is 2.33 bits per heavy atom. The number of unbranched alkanes of at least 4 members (excludes halogenated alkanes) is 1. The van der Waals surface area contributed by atoms with Gasteiger partial charge in [0.2, 0.25) is 5.91 Å². The first-order valence-electron chi connectivity index (χ1n) is 5.48. The van der Waals surface area contributed by atoms with Gasteiger partial charge in [0, 0.05) is 24.0 Å². The minimum atomic E-state index is 0.0294. The molecule has 0 aliphatic carbocycles. The van der Waals surface area contributed by atoms with E-state index in [0.717, 1.165) is 18.1 Å². The molecule has 1 atom stereocenters. The molecule has 1 aliphatic heterocycles. The Morgan fingerprint density at radius 3 is 3.00 bits per heavy atom. The number of aliphatic hydroxyl groups excluding tert-OH is 1. The van der Waals surface area contributed by atoms with Gasteiger partial charge in [0.05, 0.1) is 6.61 Å². The highest BCUT2D eigenvalue weighted by molar-refractivity contribution is 8.77. The van der Waals surface area contributed by atoms with E-state index in [1.54, 1.807) is 0 Å². The van der Waals surface area contributed by atoms with Crippen molar-refractivity contribution in [1.82, 2.24) is 5.32 Å². The van der Waals surface area contributed by atoms with Gasteiger partial charge < -0.3 is 10.4 Å². The lowest BCUT2D eigenvalue weighted by atomic mass is 10.1. The van der Waals surface area contributed by atoms with Crippen molar-refractivity contribution in [3.8, 4) is 0 Å². The third-order valence-corrected chi connectivity index (χ3v) is 5.35. The Kier molecular flexibility index (Phi) is 7.30. The van der Waals surface area contributed by atoms with Crippen LogP contribution in [0.1, 0.15) is 32.1 Å². The predicted molar refractivity (Wildman–Crippen MR) is 67.0 cm³/mol. The highest BCUT2D eigenvalue weighted by Crippen LogP contribution is 2.39. The summed E-state index contributed by atoms with van der Waals surface area (Å²) < 4.78 is 0. The number of carbonyl (C=O) groups excluding carboxylic acids is 1. The molecule has 2 N–H and O–H groups in total. The SMILES string of the molecule is O=C(CCCC[C@H]1CCSS1)NCCO. The molecule has 1 amide bonds. The summed E-state index contributed by atoms with van der Waals surface area (Å²) in [5, 5.41) is 12.0. The third kappa shape index (κ3) is 6.33. The summed E-state index contributed by atoms with van der Waals surface area (Å²) in [5.41, 5.74) is 0. The minimum absolute atomic E-state index is 0.0294. The summed E-state index contributed by atoms with van der Waals surface area (Å²) in [6.07, 6.45) is 5.28. The summed E-state index contributed by atoms with van der Waals surface area (Å²) in [4.78, 5) is 11.2. The van der Waals surface area contributed by atoms with Crippen molar-refractivity contribution < 1.29 is 9.90 Å². The molecule has 0 aromatic heterocycles. The number of amides is 1. The van der Waals surface area contributed by atoms with Crippen molar-refractivity contribution in [2.24, 2.45) is 0 Å². The standard InChI is InChI=1S/C10H19NO2S2/c12-7-6-11-10(13)4-2-1-3-9-5-8-14-15-9/h9,12H,1-8H2,(H,11,13)/t9-/m0/s1. The molecule has 0 saturated carbocycles. The number of aliphatic hydroxyl groups is 1. The lowest BCUT2D eigenvalue weighted by molar-refractivity contribution is -0.121. The first-order chi connectivity index (χ1) is 7.33. The second-order valence-corrected chi connectivity index (χ2v) is 6.44. The van der Waals surface area contributed by atoms with Crippen LogP contribution in [-0.4, -0.2) is 35.2 Å². The van der Waals surface area contributed by atoms with Crippen LogP contribution < -0.4 is 5.32 Å². The van der Waals surface area contributed by atoms with Crippen LogP contribution in [0, 0.1) is 0 Å². The molecule has 0 spiro atoms. The smallest absolute Gasteiger partial charge is 0.220 e. The number of hydrogen-bond acceptors (Lipinski definition) is 4. The van der Waals surface area contributed by atoms with Gasteiger partial charge in [0.15, 0.2) is 0 Å². The molecule has 1 saturated heterocycles. The van der Waals surface area contributed by atoms with Gasteiger partial charge in [-0.1, -0.05) is 28.0 Å². The summed E-state index contributed by atoms with van der Waals surface area (Å²) >= 11 is 0. The second kappa shape index (κ2) is 8.30. The molecule has 88 valence electrons. The van der Waals surface area contributed by atoms with E-state index in [4.69, 9.17) is 5.11 Å². The molecule has 1 aliphatic rings. The third-order valence-electron chi connectivity index (χ3n) is 2.34. The maximum absolute atomic E-state index is 11.2. The average molecular weight is 249 g/mol. The normalized spacial score (nSPS) is 20.5. The molecule has 1 rings (SSSR count). The van der Waals surface area contributed by atoms with Crippen molar-refractivity contribution >= 4 is 27.5 Å². The van der Waals surface area contributed by atoms with E-state index in [0.29, 0.717) is 13.0 Å². The average Bonchev–Trinajstić information content (AvgIpc) is 2.74. The second-order valence-electron chi connectivity index (χ2n) is 3.65. The number of carbonyl (C=O) groups is 1. The molecule has 0 aromatic rings. The van der Waals surface area contributed by atoms with E-state index in [1.165, 1.54) is 18.6 Å². The van der Waals surface area contributed by atoms with Crippen molar-refractivity contribution in [3.05, 3.63) is 0 Å². The summed E-state index contributed by atoms with van der Waals surface area (Å²) in [5.74, 6) is 1.35. The Labute approximate surface area is 99.2 Å². The largest absolute Gasteiger partial charge is 0.395 e. The Bertz CT molecular complexity index is 184. The Morgan fingerprint density at radius 1 is 1.47 bits per heavy atom. The molecule has 5 heteroatoms. The highest BCUT2D eigenvalue weighted by atomic mass is 33.1. The van der Waals surface area contributed by atoms with Gasteiger partial charge in [-0.3, -0.25) is 4.79 Å². The summed E-state index contributed by atoms with van der Waals surface area (Å²) in [6, 6.07) is 0. The molecule has 1 fully saturated rings. The van der Waals surface area contributed by atoms with Crippen LogP contribution in [0.2, 0.25) is 0 Å². The predicted octanol–water partition coefficient (Wildman–Crippen LogP) is 1.81. The molecule has 15 heavy (non-hydrogen) atoms. The van der Waals surface area contributed by atoms with Gasteiger partial charge in [-0.25, -0.2) is 0 Å². The van der Waals surface area contributed by atoms with Crippen molar-refractivity contribution in [2.75, 3.05) is 18.9 Å². The molecular formula is C10H19NO2S2. The van der Waals surface area contributed by atoms with Crippen molar-refractivity contribution in [1.29, 1.82) is 0 Å². The highest BCUT2D eigenvalue weighted by Gasteiger charge is 2.15. The quantitative estimate of drug-likeness (QED) is 0.534. The molecule has 0 aromatic carbocycles. The van der Waals surface area contributed by atoms with Crippen LogP contribution in [0.3, 0.4) is 0 Å². The van der Waals surface area contributed by atoms with Crippen LogP contribution in [-0.2, 0) is 4.79 Å². The molecule has 0 radical (unpaired) electrons. The van der Waals surface area contributed by atoms with Crippen molar-refractivity contribution in [3.63, 3.8) is 0 Å². The van der Waals surface area contributed by atoms with Gasteiger partial charge in [-0.05, 0) is 19.3 Å². The molecule has 3 nitrogen and oxygen atoms in total. The maximum atomic E-state index is 11.2. The van der Waals surface area contributed by atoms with Gasteiger partial charge >= 0.3 is 0 Å². The zero-order valence-electron chi connectivity index (χ0n) is 8.91. The fourth-order valence-electron chi connectivity index (χ4n) is 1.51. The van der Waals surface area contributed by atoms with Gasteiger partial charge in [0.25, 0.3) is 0 Å². The minimum Gasteiger partial charge on any atom is -0.395 e. The molecule has 0 bridgehead atoms. The lowest BCUT2D eigenvalue weighted by Gasteiger charge is -2.06. The summed E-state index contributed by atoms with van der Waals surface area (Å²) in [6.45, 7) is 0.412. The topological polar surface area (TPSA) is 49.3 Å².